The van der Waals surface area contributed by atoms with Crippen LogP contribution in [0.25, 0.3) is 10.9 Å². The molecule has 0 atom stereocenters. The van der Waals surface area contributed by atoms with Crippen molar-refractivity contribution in [2.75, 3.05) is 0 Å². The third-order valence-corrected chi connectivity index (χ3v) is 6.31. The molecule has 0 unspecified atom stereocenters. The summed E-state index contributed by atoms with van der Waals surface area (Å²) in [7, 11) is 0. The molecule has 9 heteroatoms. The lowest BCUT2D eigenvalue weighted by atomic mass is 10.2. The minimum atomic E-state index is -0.319. The minimum absolute atomic E-state index is 0.0875. The number of ether oxygens (including phenoxy) is 1. The monoisotopic (exact) mass is 621 g/mol. The van der Waals surface area contributed by atoms with Gasteiger partial charge >= 0.3 is 0 Å². The normalized spacial score (nSPS) is 11.4. The summed E-state index contributed by atoms with van der Waals surface area (Å²) < 4.78 is 23.0. The van der Waals surface area contributed by atoms with Crippen LogP contribution in [0.3, 0.4) is 0 Å². The number of aryl methyl sites for hydroxylation is 1. The molecule has 3 aromatic carbocycles. The average Bonchev–Trinajstić information content (AvgIpc) is 2.75. The van der Waals surface area contributed by atoms with Gasteiger partial charge in [0.15, 0.2) is 0 Å². The van der Waals surface area contributed by atoms with E-state index in [1.165, 1.54) is 10.7 Å². The summed E-state index contributed by atoms with van der Waals surface area (Å²) >= 11 is 10.4. The average molecular weight is 624 g/mol. The van der Waals surface area contributed by atoms with Crippen molar-refractivity contribution >= 4 is 64.9 Å². The number of benzene rings is 3. The molecule has 0 amide bonds. The van der Waals surface area contributed by atoms with Gasteiger partial charge in [-0.1, -0.05) is 34.1 Å². The van der Waals surface area contributed by atoms with Crippen LogP contribution in [-0.4, -0.2) is 15.9 Å². The van der Waals surface area contributed by atoms with E-state index in [1.807, 2.05) is 6.07 Å². The maximum atomic E-state index is 13.8. The van der Waals surface area contributed by atoms with E-state index in [1.54, 1.807) is 55.6 Å². The largest absolute Gasteiger partial charge is 0.486 e. The fourth-order valence-corrected chi connectivity index (χ4v) is 4.89. The first-order chi connectivity index (χ1) is 15.3. The van der Waals surface area contributed by atoms with E-state index in [0.717, 1.165) is 10.0 Å². The number of hydrogen-bond donors (Lipinski definition) is 0. The Morgan fingerprint density at radius 3 is 2.53 bits per heavy atom. The zero-order chi connectivity index (χ0) is 22.8. The van der Waals surface area contributed by atoms with Crippen LogP contribution in [0.2, 0.25) is 0 Å². The molecule has 0 aliphatic heterocycles. The molecule has 0 aliphatic rings. The third kappa shape index (κ3) is 4.84. The Bertz CT molecular complexity index is 1400. The molecule has 0 saturated carbocycles. The highest BCUT2D eigenvalue weighted by Gasteiger charge is 2.11. The second-order valence-corrected chi connectivity index (χ2v) is 9.50. The van der Waals surface area contributed by atoms with Gasteiger partial charge in [-0.05, 0) is 80.7 Å². The van der Waals surface area contributed by atoms with E-state index in [-0.39, 0.29) is 18.0 Å². The van der Waals surface area contributed by atoms with Gasteiger partial charge in [0.25, 0.3) is 5.56 Å². The van der Waals surface area contributed by atoms with Gasteiger partial charge in [0.2, 0.25) is 0 Å². The summed E-state index contributed by atoms with van der Waals surface area (Å²) in [5, 5.41) is 4.82. The van der Waals surface area contributed by atoms with Crippen molar-refractivity contribution in [2.45, 2.75) is 13.5 Å². The van der Waals surface area contributed by atoms with E-state index in [2.05, 4.69) is 57.9 Å². The zero-order valence-electron chi connectivity index (χ0n) is 16.7. The van der Waals surface area contributed by atoms with Gasteiger partial charge in [-0.3, -0.25) is 4.79 Å². The van der Waals surface area contributed by atoms with Gasteiger partial charge < -0.3 is 4.74 Å². The molecule has 0 radical (unpaired) electrons. The van der Waals surface area contributed by atoms with Crippen molar-refractivity contribution in [2.24, 2.45) is 5.10 Å². The van der Waals surface area contributed by atoms with Gasteiger partial charge in [-0.25, -0.2) is 9.37 Å². The lowest BCUT2D eigenvalue weighted by molar-refractivity contribution is 0.296. The van der Waals surface area contributed by atoms with Crippen LogP contribution in [0.1, 0.15) is 17.0 Å². The fraction of sp³-hybridized carbons (Fsp3) is 0.0870. The number of hydrogen-bond acceptors (Lipinski definition) is 4. The molecule has 0 aliphatic carbocycles. The van der Waals surface area contributed by atoms with Crippen molar-refractivity contribution in [1.29, 1.82) is 0 Å². The topological polar surface area (TPSA) is 56.5 Å². The lowest BCUT2D eigenvalue weighted by Crippen LogP contribution is -2.20. The first-order valence-electron chi connectivity index (χ1n) is 9.42. The molecule has 1 aromatic heterocycles. The molecule has 1 heterocycles. The third-order valence-electron chi connectivity index (χ3n) is 4.64. The molecule has 32 heavy (non-hydrogen) atoms. The molecule has 5 nitrogen and oxygen atoms in total. The van der Waals surface area contributed by atoms with Crippen LogP contribution >= 0.6 is 47.8 Å². The van der Waals surface area contributed by atoms with Crippen molar-refractivity contribution in [3.8, 4) is 5.75 Å². The first-order valence-corrected chi connectivity index (χ1v) is 11.8. The van der Waals surface area contributed by atoms with Gasteiger partial charge in [0, 0.05) is 10.0 Å². The number of aromatic nitrogens is 2. The Morgan fingerprint density at radius 2 is 1.81 bits per heavy atom. The summed E-state index contributed by atoms with van der Waals surface area (Å²) in [6, 6.07) is 15.4. The molecular weight excluding hydrogens is 609 g/mol. The highest BCUT2D eigenvalue weighted by Crippen LogP contribution is 2.35. The Labute approximate surface area is 208 Å². The van der Waals surface area contributed by atoms with E-state index in [9.17, 15) is 9.18 Å². The second-order valence-electron chi connectivity index (χ2n) is 6.88. The number of fused-ring (bicyclic) bond motifs is 1. The van der Waals surface area contributed by atoms with Gasteiger partial charge in [0.05, 0.1) is 26.1 Å². The van der Waals surface area contributed by atoms with Crippen LogP contribution in [0.5, 0.6) is 5.75 Å². The van der Waals surface area contributed by atoms with Crippen molar-refractivity contribution < 1.29 is 9.13 Å². The van der Waals surface area contributed by atoms with Crippen LogP contribution in [0.15, 0.2) is 77.9 Å². The second kappa shape index (κ2) is 9.64. The highest BCUT2D eigenvalue weighted by atomic mass is 79.9. The Hall–Kier alpha value is -2.36. The summed E-state index contributed by atoms with van der Waals surface area (Å²) in [5.41, 5.74) is 1.54. The first kappa shape index (κ1) is 22.8. The highest BCUT2D eigenvalue weighted by molar-refractivity contribution is 9.11. The van der Waals surface area contributed by atoms with E-state index >= 15 is 0 Å². The molecule has 0 fully saturated rings. The molecule has 162 valence electrons. The molecule has 4 aromatic rings. The Kier molecular flexibility index (Phi) is 6.88. The maximum Gasteiger partial charge on any atom is 0.282 e. The zero-order valence-corrected chi connectivity index (χ0v) is 21.4. The van der Waals surface area contributed by atoms with Crippen molar-refractivity contribution in [1.82, 2.24) is 9.66 Å². The summed E-state index contributed by atoms with van der Waals surface area (Å²) in [4.78, 5) is 17.3. The molecule has 0 N–H and O–H groups in total. The summed E-state index contributed by atoms with van der Waals surface area (Å²) in [5.74, 6) is 0.695. The van der Waals surface area contributed by atoms with Gasteiger partial charge in [-0.2, -0.15) is 9.78 Å². The quantitative estimate of drug-likeness (QED) is 0.236. The van der Waals surface area contributed by atoms with Crippen LogP contribution in [0, 0.1) is 12.7 Å². The smallest absolute Gasteiger partial charge is 0.282 e. The fourth-order valence-electron chi connectivity index (χ4n) is 3.08. The Balaban J connectivity index is 1.62. The van der Waals surface area contributed by atoms with E-state index in [0.29, 0.717) is 37.0 Å². The molecular formula is C23H15Br3FN3O2. The van der Waals surface area contributed by atoms with E-state index < -0.39 is 0 Å². The van der Waals surface area contributed by atoms with Crippen LogP contribution in [-0.2, 0) is 6.61 Å². The summed E-state index contributed by atoms with van der Waals surface area (Å²) in [6.07, 6.45) is 1.57. The maximum absolute atomic E-state index is 13.8. The predicted octanol–water partition coefficient (Wildman–Crippen LogP) is 6.59. The van der Waals surface area contributed by atoms with Gasteiger partial charge in [-0.15, -0.1) is 0 Å². The van der Waals surface area contributed by atoms with Gasteiger partial charge in [0.1, 0.15) is 24.0 Å². The number of nitrogens with zero attached hydrogens (tertiary/aromatic N) is 3. The van der Waals surface area contributed by atoms with Crippen molar-refractivity contribution in [3.63, 3.8) is 0 Å². The van der Waals surface area contributed by atoms with Crippen LogP contribution in [0.4, 0.5) is 4.39 Å². The molecule has 4 rings (SSSR count). The predicted molar refractivity (Wildman–Crippen MR) is 134 cm³/mol. The standard InChI is InChI=1S/C23H15Br3FN3O2/c1-13-29-21-7-6-16(24)10-17(21)23(31)30(13)28-11-14-8-18(25)22(19(26)9-14)32-12-15-4-2-3-5-20(15)27/h2-11H,12H2,1H3. The molecule has 0 spiro atoms. The van der Waals surface area contributed by atoms with Crippen molar-refractivity contribution in [3.05, 3.63) is 101 Å². The Morgan fingerprint density at radius 1 is 1.09 bits per heavy atom. The molecule has 0 saturated heterocycles. The number of rotatable bonds is 5. The van der Waals surface area contributed by atoms with E-state index in [4.69, 9.17) is 4.74 Å². The minimum Gasteiger partial charge on any atom is -0.486 e. The number of halogens is 4. The molecule has 0 bridgehead atoms. The van der Waals surface area contributed by atoms with Crippen LogP contribution < -0.4 is 10.3 Å². The SMILES string of the molecule is Cc1nc2ccc(Br)cc2c(=O)n1N=Cc1cc(Br)c(OCc2ccccc2F)c(Br)c1. The summed E-state index contributed by atoms with van der Waals surface area (Å²) in [6.45, 7) is 1.82. The lowest BCUT2D eigenvalue weighted by Gasteiger charge is -2.12.